The lowest BCUT2D eigenvalue weighted by Crippen LogP contribution is -2.20. The first-order valence-electron chi connectivity index (χ1n) is 7.68. The summed E-state index contributed by atoms with van der Waals surface area (Å²) in [7, 11) is 0. The minimum absolute atomic E-state index is 0.175. The standard InChI is InChI=1S/C17H10ClF3N4OS/c18-14-5-4-12(27-14)8-24-9-22-15-13(16(24)26)7-23-25(15)11-3-1-2-10(6-11)17(19,20)21/h1-7,9H,8H2. The van der Waals surface area contributed by atoms with Crippen molar-refractivity contribution in [3.05, 3.63) is 74.1 Å². The third kappa shape index (κ3) is 3.35. The van der Waals surface area contributed by atoms with Gasteiger partial charge in [0.2, 0.25) is 0 Å². The van der Waals surface area contributed by atoms with Crippen LogP contribution in [0.1, 0.15) is 10.4 Å². The van der Waals surface area contributed by atoms with Crippen molar-refractivity contribution in [1.82, 2.24) is 19.3 Å². The van der Waals surface area contributed by atoms with Crippen molar-refractivity contribution in [3.8, 4) is 5.69 Å². The molecule has 27 heavy (non-hydrogen) atoms. The van der Waals surface area contributed by atoms with Crippen molar-refractivity contribution in [1.29, 1.82) is 0 Å². The normalized spacial score (nSPS) is 12.0. The lowest BCUT2D eigenvalue weighted by molar-refractivity contribution is -0.137. The highest BCUT2D eigenvalue weighted by Gasteiger charge is 2.30. The van der Waals surface area contributed by atoms with Gasteiger partial charge in [0, 0.05) is 4.88 Å². The first kappa shape index (κ1) is 17.7. The third-order valence-electron chi connectivity index (χ3n) is 3.93. The highest BCUT2D eigenvalue weighted by molar-refractivity contribution is 7.16. The van der Waals surface area contributed by atoms with Gasteiger partial charge in [0.1, 0.15) is 11.7 Å². The molecule has 0 spiro atoms. The second-order valence-electron chi connectivity index (χ2n) is 5.73. The van der Waals surface area contributed by atoms with E-state index in [-0.39, 0.29) is 22.3 Å². The van der Waals surface area contributed by atoms with Gasteiger partial charge >= 0.3 is 6.18 Å². The Bertz CT molecular complexity index is 1190. The first-order chi connectivity index (χ1) is 12.8. The third-order valence-corrected chi connectivity index (χ3v) is 5.14. The Morgan fingerprint density at radius 3 is 2.70 bits per heavy atom. The summed E-state index contributed by atoms with van der Waals surface area (Å²) < 4.78 is 42.1. The van der Waals surface area contributed by atoms with E-state index in [0.29, 0.717) is 10.9 Å². The van der Waals surface area contributed by atoms with E-state index in [1.54, 1.807) is 6.07 Å². The average Bonchev–Trinajstić information content (AvgIpc) is 3.23. The van der Waals surface area contributed by atoms with Crippen molar-refractivity contribution in [2.45, 2.75) is 12.7 Å². The average molecular weight is 411 g/mol. The molecule has 0 aliphatic heterocycles. The maximum atomic E-state index is 12.9. The van der Waals surface area contributed by atoms with Crippen molar-refractivity contribution in [2.24, 2.45) is 0 Å². The molecule has 5 nitrogen and oxygen atoms in total. The van der Waals surface area contributed by atoms with Crippen LogP contribution in [0.15, 0.2) is 53.7 Å². The summed E-state index contributed by atoms with van der Waals surface area (Å²) in [6, 6.07) is 8.25. The molecule has 0 radical (unpaired) electrons. The Kier molecular flexibility index (Phi) is 4.27. The van der Waals surface area contributed by atoms with Crippen molar-refractivity contribution in [2.75, 3.05) is 0 Å². The fourth-order valence-electron chi connectivity index (χ4n) is 2.67. The van der Waals surface area contributed by atoms with Crippen LogP contribution >= 0.6 is 22.9 Å². The van der Waals surface area contributed by atoms with Crippen LogP contribution in [0, 0.1) is 0 Å². The Balaban J connectivity index is 1.77. The molecule has 0 atom stereocenters. The molecule has 0 N–H and O–H groups in total. The van der Waals surface area contributed by atoms with Crippen LogP contribution in [0.3, 0.4) is 0 Å². The van der Waals surface area contributed by atoms with Crippen molar-refractivity contribution in [3.63, 3.8) is 0 Å². The van der Waals surface area contributed by atoms with Crippen LogP contribution in [-0.4, -0.2) is 19.3 Å². The molecule has 4 aromatic rings. The highest BCUT2D eigenvalue weighted by Crippen LogP contribution is 2.30. The molecule has 0 bridgehead atoms. The van der Waals surface area contributed by atoms with Gasteiger partial charge in [0.05, 0.1) is 28.3 Å². The predicted octanol–water partition coefficient (Wildman–Crippen LogP) is 4.36. The SMILES string of the molecule is O=c1c2cnn(-c3cccc(C(F)(F)F)c3)c2ncn1Cc1ccc(Cl)s1. The van der Waals surface area contributed by atoms with E-state index in [1.165, 1.54) is 45.2 Å². The lowest BCUT2D eigenvalue weighted by Gasteiger charge is -2.09. The number of nitrogens with zero attached hydrogens (tertiary/aromatic N) is 4. The van der Waals surface area contributed by atoms with Gasteiger partial charge in [0.25, 0.3) is 5.56 Å². The zero-order valence-corrected chi connectivity index (χ0v) is 15.0. The molecule has 4 rings (SSSR count). The molecule has 3 aromatic heterocycles. The number of halogens is 4. The van der Waals surface area contributed by atoms with Gasteiger partial charge in [-0.25, -0.2) is 9.67 Å². The van der Waals surface area contributed by atoms with Gasteiger partial charge in [0.15, 0.2) is 5.65 Å². The van der Waals surface area contributed by atoms with E-state index in [0.717, 1.165) is 17.0 Å². The summed E-state index contributed by atoms with van der Waals surface area (Å²) in [4.78, 5) is 17.8. The molecule has 0 saturated carbocycles. The number of rotatable bonds is 3. The molecule has 0 aliphatic carbocycles. The van der Waals surface area contributed by atoms with Gasteiger partial charge < -0.3 is 0 Å². The number of alkyl halides is 3. The molecule has 0 fully saturated rings. The molecular weight excluding hydrogens is 401 g/mol. The lowest BCUT2D eigenvalue weighted by atomic mass is 10.2. The van der Waals surface area contributed by atoms with Crippen LogP contribution in [0.5, 0.6) is 0 Å². The quantitative estimate of drug-likeness (QED) is 0.504. The van der Waals surface area contributed by atoms with Crippen molar-refractivity contribution < 1.29 is 13.2 Å². The summed E-state index contributed by atoms with van der Waals surface area (Å²) in [5.41, 5.74) is -0.761. The van der Waals surface area contributed by atoms with Gasteiger partial charge in [-0.3, -0.25) is 9.36 Å². The number of fused-ring (bicyclic) bond motifs is 1. The fraction of sp³-hybridized carbons (Fsp3) is 0.118. The Labute approximate surface area is 159 Å². The smallest absolute Gasteiger partial charge is 0.293 e. The van der Waals surface area contributed by atoms with Crippen LogP contribution in [0.25, 0.3) is 16.7 Å². The minimum atomic E-state index is -4.47. The van der Waals surface area contributed by atoms with E-state index < -0.39 is 11.7 Å². The topological polar surface area (TPSA) is 52.7 Å². The monoisotopic (exact) mass is 410 g/mol. The molecule has 138 valence electrons. The summed E-state index contributed by atoms with van der Waals surface area (Å²) in [6.45, 7) is 0.300. The van der Waals surface area contributed by atoms with Crippen LogP contribution in [-0.2, 0) is 12.7 Å². The number of hydrogen-bond donors (Lipinski definition) is 0. The fourth-order valence-corrected chi connectivity index (χ4v) is 3.76. The van der Waals surface area contributed by atoms with E-state index in [2.05, 4.69) is 10.1 Å². The van der Waals surface area contributed by atoms with Gasteiger partial charge in [-0.2, -0.15) is 18.3 Å². The maximum Gasteiger partial charge on any atom is 0.416 e. The number of thiophene rings is 1. The molecule has 0 saturated heterocycles. The second kappa shape index (κ2) is 6.50. The van der Waals surface area contributed by atoms with E-state index >= 15 is 0 Å². The highest BCUT2D eigenvalue weighted by atomic mass is 35.5. The number of hydrogen-bond acceptors (Lipinski definition) is 4. The molecule has 0 unspecified atom stereocenters. The van der Waals surface area contributed by atoms with Crippen LogP contribution in [0.2, 0.25) is 4.34 Å². The van der Waals surface area contributed by atoms with Crippen molar-refractivity contribution >= 4 is 34.0 Å². The molecule has 10 heteroatoms. The Hall–Kier alpha value is -2.65. The largest absolute Gasteiger partial charge is 0.416 e. The van der Waals surface area contributed by atoms with Gasteiger partial charge in [-0.15, -0.1) is 11.3 Å². The first-order valence-corrected chi connectivity index (χ1v) is 8.87. The van der Waals surface area contributed by atoms with E-state index in [4.69, 9.17) is 11.6 Å². The zero-order chi connectivity index (χ0) is 19.2. The van der Waals surface area contributed by atoms with E-state index in [1.807, 2.05) is 6.07 Å². The Morgan fingerprint density at radius 2 is 2.00 bits per heavy atom. The minimum Gasteiger partial charge on any atom is -0.293 e. The summed E-state index contributed by atoms with van der Waals surface area (Å²) in [5.74, 6) is 0. The summed E-state index contributed by atoms with van der Waals surface area (Å²) in [5, 5.41) is 4.28. The van der Waals surface area contributed by atoms with Crippen LogP contribution < -0.4 is 5.56 Å². The molecule has 3 heterocycles. The van der Waals surface area contributed by atoms with Gasteiger partial charge in [-0.1, -0.05) is 17.7 Å². The Morgan fingerprint density at radius 1 is 1.19 bits per heavy atom. The maximum absolute atomic E-state index is 12.9. The predicted molar refractivity (Wildman–Crippen MR) is 96.6 cm³/mol. The number of aromatic nitrogens is 4. The van der Waals surface area contributed by atoms with E-state index in [9.17, 15) is 18.0 Å². The molecule has 0 aliphatic rings. The zero-order valence-electron chi connectivity index (χ0n) is 13.4. The number of benzene rings is 1. The second-order valence-corrected chi connectivity index (χ2v) is 7.52. The molecule has 1 aromatic carbocycles. The van der Waals surface area contributed by atoms with Crippen LogP contribution in [0.4, 0.5) is 13.2 Å². The summed E-state index contributed by atoms with van der Waals surface area (Å²) in [6.07, 6.45) is -1.81. The molecular formula is C17H10ClF3N4OS. The summed E-state index contributed by atoms with van der Waals surface area (Å²) >= 11 is 7.25. The van der Waals surface area contributed by atoms with Gasteiger partial charge in [-0.05, 0) is 30.3 Å². The molecule has 0 amide bonds.